The summed E-state index contributed by atoms with van der Waals surface area (Å²) in [6.07, 6.45) is 1.34. The van der Waals surface area contributed by atoms with E-state index in [1.165, 1.54) is 31.7 Å². The third-order valence-electron chi connectivity index (χ3n) is 4.55. The van der Waals surface area contributed by atoms with Gasteiger partial charge in [-0.3, -0.25) is 0 Å². The summed E-state index contributed by atoms with van der Waals surface area (Å²) in [6, 6.07) is 12.0. The van der Waals surface area contributed by atoms with Crippen LogP contribution in [0.5, 0.6) is 0 Å². The minimum absolute atomic E-state index is 0.0834. The summed E-state index contributed by atoms with van der Waals surface area (Å²) in [5.41, 5.74) is 1.21. The number of nitriles is 1. The first-order chi connectivity index (χ1) is 13.5. The standard InChI is InChI=1S/C18H17N5O3S2/c19-11-14-2-1-3-15(10-14)12-23-18(24)22-13-16(4-5-17(22)20-23)28(25,26)21-6-8-27-9-7-21/h1-5,10,13H,6-9,12H2. The lowest BCUT2D eigenvalue weighted by atomic mass is 10.1. The van der Waals surface area contributed by atoms with E-state index in [-0.39, 0.29) is 11.4 Å². The summed E-state index contributed by atoms with van der Waals surface area (Å²) in [5.74, 6) is 1.53. The van der Waals surface area contributed by atoms with E-state index in [4.69, 9.17) is 5.26 Å². The van der Waals surface area contributed by atoms with Crippen molar-refractivity contribution in [2.45, 2.75) is 11.4 Å². The van der Waals surface area contributed by atoms with E-state index in [1.54, 1.807) is 30.0 Å². The van der Waals surface area contributed by atoms with Crippen molar-refractivity contribution in [2.24, 2.45) is 0 Å². The molecule has 1 aliphatic rings. The lowest BCUT2D eigenvalue weighted by molar-refractivity contribution is 0.443. The SMILES string of the molecule is N#Cc1cccc(Cn2nc3ccc(S(=O)(=O)N4CCSCC4)cn3c2=O)c1. The predicted octanol–water partition coefficient (Wildman–Crippen LogP) is 1.15. The van der Waals surface area contributed by atoms with Crippen molar-refractivity contribution in [2.75, 3.05) is 24.6 Å². The second-order valence-corrected chi connectivity index (χ2v) is 9.52. The Bertz CT molecular complexity index is 1230. The number of hydrogen-bond donors (Lipinski definition) is 0. The molecule has 0 N–H and O–H groups in total. The Hall–Kier alpha value is -2.61. The highest BCUT2D eigenvalue weighted by Gasteiger charge is 2.27. The van der Waals surface area contributed by atoms with E-state index in [9.17, 15) is 13.2 Å². The van der Waals surface area contributed by atoms with Gasteiger partial charge in [-0.15, -0.1) is 5.10 Å². The molecule has 10 heteroatoms. The van der Waals surface area contributed by atoms with Gasteiger partial charge in [0.15, 0.2) is 5.65 Å². The Labute approximate surface area is 166 Å². The van der Waals surface area contributed by atoms with Gasteiger partial charge in [-0.2, -0.15) is 21.3 Å². The van der Waals surface area contributed by atoms with Crippen molar-refractivity contribution >= 4 is 27.4 Å². The highest BCUT2D eigenvalue weighted by Crippen LogP contribution is 2.20. The molecule has 0 bridgehead atoms. The lowest BCUT2D eigenvalue weighted by Gasteiger charge is -2.25. The van der Waals surface area contributed by atoms with Gasteiger partial charge in [0.25, 0.3) is 0 Å². The zero-order valence-electron chi connectivity index (χ0n) is 14.9. The monoisotopic (exact) mass is 415 g/mol. The third kappa shape index (κ3) is 3.44. The van der Waals surface area contributed by atoms with Crippen LogP contribution in [0, 0.1) is 11.3 Å². The molecule has 3 heterocycles. The second kappa shape index (κ2) is 7.43. The highest BCUT2D eigenvalue weighted by molar-refractivity contribution is 7.99. The van der Waals surface area contributed by atoms with Crippen LogP contribution in [0.1, 0.15) is 11.1 Å². The van der Waals surface area contributed by atoms with E-state index in [2.05, 4.69) is 11.2 Å². The molecule has 0 atom stereocenters. The van der Waals surface area contributed by atoms with Gasteiger partial charge in [0.05, 0.1) is 23.1 Å². The molecule has 8 nitrogen and oxygen atoms in total. The number of hydrogen-bond acceptors (Lipinski definition) is 6. The average Bonchev–Trinajstić information content (AvgIpc) is 3.03. The molecule has 28 heavy (non-hydrogen) atoms. The van der Waals surface area contributed by atoms with Crippen LogP contribution in [0.2, 0.25) is 0 Å². The average molecular weight is 416 g/mol. The van der Waals surface area contributed by atoms with Gasteiger partial charge >= 0.3 is 5.69 Å². The molecular formula is C18H17N5O3S2. The molecule has 1 aromatic carbocycles. The van der Waals surface area contributed by atoms with Crippen molar-refractivity contribution in [1.82, 2.24) is 18.5 Å². The summed E-state index contributed by atoms with van der Waals surface area (Å²) in [4.78, 5) is 12.8. The fourth-order valence-electron chi connectivity index (χ4n) is 3.10. The van der Waals surface area contributed by atoms with Gasteiger partial charge in [0.2, 0.25) is 10.0 Å². The molecule has 0 saturated carbocycles. The molecule has 0 amide bonds. The van der Waals surface area contributed by atoms with E-state index in [0.29, 0.717) is 24.3 Å². The minimum atomic E-state index is -3.64. The van der Waals surface area contributed by atoms with Crippen LogP contribution in [0.4, 0.5) is 0 Å². The Morgan fingerprint density at radius 2 is 1.96 bits per heavy atom. The molecule has 2 aromatic heterocycles. The van der Waals surface area contributed by atoms with Crippen LogP contribution >= 0.6 is 11.8 Å². The van der Waals surface area contributed by atoms with E-state index in [1.807, 2.05) is 6.07 Å². The van der Waals surface area contributed by atoms with Gasteiger partial charge in [0, 0.05) is 30.8 Å². The number of thioether (sulfide) groups is 1. The number of rotatable bonds is 4. The quantitative estimate of drug-likeness (QED) is 0.634. The Balaban J connectivity index is 1.70. The van der Waals surface area contributed by atoms with Crippen molar-refractivity contribution in [1.29, 1.82) is 5.26 Å². The maximum absolute atomic E-state index is 12.9. The summed E-state index contributed by atoms with van der Waals surface area (Å²) >= 11 is 1.73. The molecule has 0 unspecified atom stereocenters. The van der Waals surface area contributed by atoms with Crippen molar-refractivity contribution in [3.05, 3.63) is 64.2 Å². The first kappa shape index (κ1) is 18.7. The van der Waals surface area contributed by atoms with Gasteiger partial charge in [0.1, 0.15) is 0 Å². The predicted molar refractivity (Wildman–Crippen MR) is 106 cm³/mol. The van der Waals surface area contributed by atoms with Crippen LogP contribution in [0.3, 0.4) is 0 Å². The zero-order valence-corrected chi connectivity index (χ0v) is 16.5. The van der Waals surface area contributed by atoms with Crippen LogP contribution in [0.25, 0.3) is 5.65 Å². The highest BCUT2D eigenvalue weighted by atomic mass is 32.2. The molecule has 144 valence electrons. The van der Waals surface area contributed by atoms with Gasteiger partial charge in [-0.05, 0) is 29.8 Å². The first-order valence-electron chi connectivity index (χ1n) is 8.65. The normalized spacial score (nSPS) is 15.5. The molecule has 4 rings (SSSR count). The van der Waals surface area contributed by atoms with Gasteiger partial charge < -0.3 is 0 Å². The van der Waals surface area contributed by atoms with Crippen LogP contribution < -0.4 is 5.69 Å². The maximum atomic E-state index is 12.9. The smallest absolute Gasteiger partial charge is 0.249 e. The molecular weight excluding hydrogens is 398 g/mol. The molecule has 1 fully saturated rings. The summed E-state index contributed by atoms with van der Waals surface area (Å²) in [5, 5.41) is 13.3. The minimum Gasteiger partial charge on any atom is -0.249 e. The largest absolute Gasteiger partial charge is 0.350 e. The molecule has 0 spiro atoms. The summed E-state index contributed by atoms with van der Waals surface area (Å²) in [6.45, 7) is 1.13. The lowest BCUT2D eigenvalue weighted by Crippen LogP contribution is -2.38. The molecule has 0 radical (unpaired) electrons. The maximum Gasteiger partial charge on any atom is 0.350 e. The summed E-state index contributed by atoms with van der Waals surface area (Å²) < 4.78 is 29.7. The zero-order chi connectivity index (χ0) is 19.7. The van der Waals surface area contributed by atoms with E-state index in [0.717, 1.165) is 17.1 Å². The Morgan fingerprint density at radius 1 is 1.18 bits per heavy atom. The number of nitrogens with zero attached hydrogens (tertiary/aromatic N) is 5. The second-order valence-electron chi connectivity index (χ2n) is 6.36. The fraction of sp³-hybridized carbons (Fsp3) is 0.278. The first-order valence-corrected chi connectivity index (χ1v) is 11.2. The van der Waals surface area contributed by atoms with Gasteiger partial charge in [-0.1, -0.05) is 12.1 Å². The molecule has 0 aliphatic carbocycles. The number of aromatic nitrogens is 3. The van der Waals surface area contributed by atoms with E-state index >= 15 is 0 Å². The van der Waals surface area contributed by atoms with Crippen LogP contribution in [-0.4, -0.2) is 51.5 Å². The topological polar surface area (TPSA) is 100 Å². The molecule has 3 aromatic rings. The van der Waals surface area contributed by atoms with Crippen molar-refractivity contribution in [3.63, 3.8) is 0 Å². The third-order valence-corrected chi connectivity index (χ3v) is 7.37. The number of benzene rings is 1. The Morgan fingerprint density at radius 3 is 2.71 bits per heavy atom. The van der Waals surface area contributed by atoms with Crippen LogP contribution in [-0.2, 0) is 16.6 Å². The number of fused-ring (bicyclic) bond motifs is 1. The van der Waals surface area contributed by atoms with E-state index < -0.39 is 15.7 Å². The number of pyridine rings is 1. The number of sulfonamides is 1. The molecule has 1 saturated heterocycles. The van der Waals surface area contributed by atoms with Crippen molar-refractivity contribution in [3.8, 4) is 6.07 Å². The van der Waals surface area contributed by atoms with Gasteiger partial charge in [-0.25, -0.2) is 22.3 Å². The van der Waals surface area contributed by atoms with Crippen LogP contribution in [0.15, 0.2) is 52.3 Å². The summed E-state index contributed by atoms with van der Waals surface area (Å²) in [7, 11) is -3.64. The van der Waals surface area contributed by atoms with Crippen molar-refractivity contribution < 1.29 is 8.42 Å². The Kier molecular flexibility index (Phi) is 4.97. The fourth-order valence-corrected chi connectivity index (χ4v) is 5.68. The molecule has 1 aliphatic heterocycles.